The van der Waals surface area contributed by atoms with Crippen molar-refractivity contribution in [1.82, 2.24) is 4.90 Å². The van der Waals surface area contributed by atoms with Crippen LogP contribution in [0.1, 0.15) is 35.7 Å². The average molecular weight is 273 g/mol. The Morgan fingerprint density at radius 1 is 1.45 bits per heavy atom. The average Bonchev–Trinajstić information content (AvgIpc) is 2.85. The number of hydrogen-bond acceptors (Lipinski definition) is 3. The maximum atomic E-state index is 11.8. The van der Waals surface area contributed by atoms with E-state index in [4.69, 9.17) is 4.74 Å². The third kappa shape index (κ3) is 3.47. The van der Waals surface area contributed by atoms with Crippen LogP contribution in [0.5, 0.6) is 0 Å². The lowest BCUT2D eigenvalue weighted by Gasteiger charge is -2.15. The molecule has 1 atom stereocenters. The third-order valence-corrected chi connectivity index (χ3v) is 3.36. The first kappa shape index (κ1) is 14.3. The zero-order chi connectivity index (χ0) is 14.5. The first-order valence-corrected chi connectivity index (χ1v) is 6.80. The Balaban J connectivity index is 1.97. The van der Waals surface area contributed by atoms with E-state index in [0.29, 0.717) is 18.5 Å². The monoisotopic (exact) mass is 273 g/mol. The predicted molar refractivity (Wildman–Crippen MR) is 76.2 cm³/mol. The first-order valence-electron chi connectivity index (χ1n) is 6.80. The Morgan fingerprint density at radius 2 is 2.15 bits per heavy atom. The molecule has 1 aromatic rings. The van der Waals surface area contributed by atoms with Crippen molar-refractivity contribution in [1.29, 1.82) is 0 Å². The van der Waals surface area contributed by atoms with Crippen molar-refractivity contribution in [3.8, 4) is 0 Å². The van der Waals surface area contributed by atoms with Crippen molar-refractivity contribution in [2.45, 2.75) is 32.4 Å². The van der Waals surface area contributed by atoms with E-state index in [0.717, 1.165) is 18.5 Å². The third-order valence-electron chi connectivity index (χ3n) is 3.36. The minimum Gasteiger partial charge on any atom is -0.455 e. The lowest BCUT2D eigenvalue weighted by atomic mass is 10.1. The number of rotatable bonds is 5. The molecule has 0 unspecified atom stereocenters. The molecule has 1 aliphatic rings. The number of nitrogens with zero attached hydrogens (tertiary/aromatic N) is 1. The summed E-state index contributed by atoms with van der Waals surface area (Å²) in [6.45, 7) is 6.76. The van der Waals surface area contributed by atoms with E-state index in [1.54, 1.807) is 25.1 Å². The van der Waals surface area contributed by atoms with Crippen LogP contribution in [0.3, 0.4) is 0 Å². The van der Waals surface area contributed by atoms with Gasteiger partial charge in [-0.15, -0.1) is 0 Å². The standard InChI is InChI=1S/C16H19NO3/c1-3-12(2)20-16(19)14-8-6-13(7-9-14)11-17-10-4-5-15(17)18/h3,6-9,12H,1,4-5,10-11H2,2H3/t12-/m1/s1. The fourth-order valence-corrected chi connectivity index (χ4v) is 2.12. The summed E-state index contributed by atoms with van der Waals surface area (Å²) in [5.41, 5.74) is 1.53. The summed E-state index contributed by atoms with van der Waals surface area (Å²) >= 11 is 0. The zero-order valence-corrected chi connectivity index (χ0v) is 11.7. The molecule has 0 aliphatic carbocycles. The zero-order valence-electron chi connectivity index (χ0n) is 11.7. The highest BCUT2D eigenvalue weighted by atomic mass is 16.5. The van der Waals surface area contributed by atoms with Crippen molar-refractivity contribution in [3.63, 3.8) is 0 Å². The fraction of sp³-hybridized carbons (Fsp3) is 0.375. The number of amides is 1. The van der Waals surface area contributed by atoms with Crippen LogP contribution in [-0.4, -0.2) is 29.4 Å². The molecule has 1 aliphatic heterocycles. The van der Waals surface area contributed by atoms with Gasteiger partial charge in [0.2, 0.25) is 5.91 Å². The summed E-state index contributed by atoms with van der Waals surface area (Å²) in [5, 5.41) is 0. The Kier molecular flexibility index (Phi) is 4.56. The second-order valence-electron chi connectivity index (χ2n) is 4.96. The highest BCUT2D eigenvalue weighted by Gasteiger charge is 2.20. The van der Waals surface area contributed by atoms with Crippen molar-refractivity contribution in [2.24, 2.45) is 0 Å². The molecule has 1 saturated heterocycles. The number of ether oxygens (including phenoxy) is 1. The summed E-state index contributed by atoms with van der Waals surface area (Å²) in [5.74, 6) is -0.158. The molecule has 106 valence electrons. The van der Waals surface area contributed by atoms with Crippen LogP contribution in [0.4, 0.5) is 0 Å². The van der Waals surface area contributed by atoms with E-state index in [-0.39, 0.29) is 18.0 Å². The van der Waals surface area contributed by atoms with Gasteiger partial charge in [-0.25, -0.2) is 4.79 Å². The fourth-order valence-electron chi connectivity index (χ4n) is 2.12. The minimum absolute atomic E-state index is 0.202. The van der Waals surface area contributed by atoms with Gasteiger partial charge in [0.1, 0.15) is 6.10 Å². The van der Waals surface area contributed by atoms with Gasteiger partial charge in [0.15, 0.2) is 0 Å². The number of esters is 1. The van der Waals surface area contributed by atoms with Crippen LogP contribution in [0, 0.1) is 0 Å². The van der Waals surface area contributed by atoms with E-state index < -0.39 is 0 Å². The molecule has 0 radical (unpaired) electrons. The van der Waals surface area contributed by atoms with Gasteiger partial charge < -0.3 is 9.64 Å². The quantitative estimate of drug-likeness (QED) is 0.612. The van der Waals surface area contributed by atoms with E-state index in [1.807, 2.05) is 17.0 Å². The molecule has 0 bridgehead atoms. The molecule has 20 heavy (non-hydrogen) atoms. The van der Waals surface area contributed by atoms with Gasteiger partial charge in [-0.3, -0.25) is 4.79 Å². The summed E-state index contributed by atoms with van der Waals surface area (Å²) in [6, 6.07) is 7.18. The van der Waals surface area contributed by atoms with Crippen LogP contribution in [0.15, 0.2) is 36.9 Å². The molecule has 0 spiro atoms. The highest BCUT2D eigenvalue weighted by Crippen LogP contribution is 2.15. The SMILES string of the molecule is C=C[C@@H](C)OC(=O)c1ccc(CN2CCCC2=O)cc1. The number of carbonyl (C=O) groups is 2. The minimum atomic E-state index is -0.360. The summed E-state index contributed by atoms with van der Waals surface area (Å²) in [7, 11) is 0. The molecule has 4 nitrogen and oxygen atoms in total. The molecule has 1 amide bonds. The van der Waals surface area contributed by atoms with Crippen LogP contribution in [0.25, 0.3) is 0 Å². The summed E-state index contributed by atoms with van der Waals surface area (Å²) in [6.07, 6.45) is 2.85. The Morgan fingerprint density at radius 3 is 2.70 bits per heavy atom. The van der Waals surface area contributed by atoms with Gasteiger partial charge in [-0.1, -0.05) is 24.8 Å². The van der Waals surface area contributed by atoms with Gasteiger partial charge in [0, 0.05) is 19.5 Å². The van der Waals surface area contributed by atoms with Crippen LogP contribution in [0.2, 0.25) is 0 Å². The van der Waals surface area contributed by atoms with Gasteiger partial charge in [0.25, 0.3) is 0 Å². The molecule has 0 N–H and O–H groups in total. The van der Waals surface area contributed by atoms with Crippen molar-refractivity contribution < 1.29 is 14.3 Å². The molecule has 1 heterocycles. The van der Waals surface area contributed by atoms with Gasteiger partial charge >= 0.3 is 5.97 Å². The lowest BCUT2D eigenvalue weighted by molar-refractivity contribution is -0.128. The molecule has 1 aromatic carbocycles. The second-order valence-corrected chi connectivity index (χ2v) is 4.96. The van der Waals surface area contributed by atoms with Gasteiger partial charge in [-0.05, 0) is 31.0 Å². The Hall–Kier alpha value is -2.10. The number of hydrogen-bond donors (Lipinski definition) is 0. The number of benzene rings is 1. The molecule has 0 saturated carbocycles. The van der Waals surface area contributed by atoms with Gasteiger partial charge in [-0.2, -0.15) is 0 Å². The molecular formula is C16H19NO3. The lowest BCUT2D eigenvalue weighted by Crippen LogP contribution is -2.23. The van der Waals surface area contributed by atoms with E-state index >= 15 is 0 Å². The normalized spacial score (nSPS) is 16.1. The van der Waals surface area contributed by atoms with Crippen molar-refractivity contribution in [3.05, 3.63) is 48.0 Å². The maximum Gasteiger partial charge on any atom is 0.338 e. The molecule has 4 heteroatoms. The van der Waals surface area contributed by atoms with E-state index in [1.165, 1.54) is 0 Å². The largest absolute Gasteiger partial charge is 0.455 e. The Bertz CT molecular complexity index is 507. The molecule has 2 rings (SSSR count). The summed E-state index contributed by atoms with van der Waals surface area (Å²) < 4.78 is 5.15. The van der Waals surface area contributed by atoms with E-state index in [9.17, 15) is 9.59 Å². The maximum absolute atomic E-state index is 11.8. The highest BCUT2D eigenvalue weighted by molar-refractivity contribution is 5.89. The smallest absolute Gasteiger partial charge is 0.338 e. The van der Waals surface area contributed by atoms with E-state index in [2.05, 4.69) is 6.58 Å². The molecule has 1 fully saturated rings. The topological polar surface area (TPSA) is 46.6 Å². The van der Waals surface area contributed by atoms with Crippen molar-refractivity contribution >= 4 is 11.9 Å². The Labute approximate surface area is 119 Å². The van der Waals surface area contributed by atoms with Crippen LogP contribution >= 0.6 is 0 Å². The number of likely N-dealkylation sites (tertiary alicyclic amines) is 1. The van der Waals surface area contributed by atoms with Gasteiger partial charge in [0.05, 0.1) is 5.56 Å². The number of carbonyl (C=O) groups excluding carboxylic acids is 2. The van der Waals surface area contributed by atoms with Crippen molar-refractivity contribution in [2.75, 3.05) is 6.54 Å². The van der Waals surface area contributed by atoms with Crippen LogP contribution in [-0.2, 0) is 16.1 Å². The molecular weight excluding hydrogens is 254 g/mol. The predicted octanol–water partition coefficient (Wildman–Crippen LogP) is 2.54. The molecule has 0 aromatic heterocycles. The van der Waals surface area contributed by atoms with Crippen LogP contribution < -0.4 is 0 Å². The second kappa shape index (κ2) is 6.37. The first-order chi connectivity index (χ1) is 9.60. The summed E-state index contributed by atoms with van der Waals surface area (Å²) in [4.78, 5) is 25.2.